The number of carboxylic acids is 4. The minimum Gasteiger partial charge on any atom is -0.481 e. The van der Waals surface area contributed by atoms with Crippen molar-refractivity contribution in [2.24, 2.45) is 0 Å². The smallest absolute Gasteiger partial charge is 0.336 e. The van der Waals surface area contributed by atoms with Crippen LogP contribution in [0.2, 0.25) is 0 Å². The largest absolute Gasteiger partial charge is 0.481 e. The molecule has 0 saturated carbocycles. The summed E-state index contributed by atoms with van der Waals surface area (Å²) in [7, 11) is 0. The summed E-state index contributed by atoms with van der Waals surface area (Å²) in [4.78, 5) is 39.9. The maximum absolute atomic E-state index is 10.3. The molecule has 0 aliphatic carbocycles. The number of carbonyl (C=O) groups is 4. The average molecular weight is 373 g/mol. The van der Waals surface area contributed by atoms with Crippen molar-refractivity contribution in [2.45, 2.75) is 31.5 Å². The molecule has 0 aliphatic rings. The summed E-state index contributed by atoms with van der Waals surface area (Å²) in [5.74, 6) is -6.20. The summed E-state index contributed by atoms with van der Waals surface area (Å²) in [6, 6.07) is 0. The number of aliphatic hydroxyl groups is 2. The molecule has 0 saturated heterocycles. The van der Waals surface area contributed by atoms with E-state index in [1.807, 2.05) is 0 Å². The van der Waals surface area contributed by atoms with Gasteiger partial charge in [-0.25, -0.2) is 9.59 Å². The van der Waals surface area contributed by atoms with Crippen LogP contribution in [0.15, 0.2) is 0 Å². The van der Waals surface area contributed by atoms with Crippen LogP contribution in [0.3, 0.4) is 0 Å². The van der Waals surface area contributed by atoms with Crippen molar-refractivity contribution in [3.05, 3.63) is 0 Å². The molecule has 10 nitrogen and oxygen atoms in total. The third-order valence-electron chi connectivity index (χ3n) is 1.64. The summed E-state index contributed by atoms with van der Waals surface area (Å²) in [5, 5.41) is 49.6. The topological polar surface area (TPSA) is 190 Å². The Kier molecular flexibility index (Phi) is 12.4. The van der Waals surface area contributed by atoms with E-state index < -0.39 is 48.4 Å². The van der Waals surface area contributed by atoms with Gasteiger partial charge in [-0.05, 0) is 6.92 Å². The molecule has 1 atom stereocenters. The summed E-state index contributed by atoms with van der Waals surface area (Å²) in [6.45, 7) is 1.20. The average Bonchev–Trinajstić information content (AvgIpc) is 2.14. The van der Waals surface area contributed by atoms with Gasteiger partial charge in [-0.15, -0.1) is 0 Å². The molecular weight excluding hydrogens is 359 g/mol. The first-order chi connectivity index (χ1) is 8.42. The third kappa shape index (κ3) is 11.8. The Labute approximate surface area is 131 Å². The molecule has 114 valence electrons. The number of aliphatic hydroxyl groups excluding tert-OH is 1. The van der Waals surface area contributed by atoms with E-state index in [4.69, 9.17) is 30.6 Å². The molecule has 0 aromatic rings. The molecule has 0 spiro atoms. The van der Waals surface area contributed by atoms with Crippen LogP contribution in [0.4, 0.5) is 0 Å². The van der Waals surface area contributed by atoms with E-state index in [-0.39, 0.29) is 26.2 Å². The molecule has 0 aromatic carbocycles. The maximum atomic E-state index is 10.3. The van der Waals surface area contributed by atoms with Gasteiger partial charge in [-0.1, -0.05) is 0 Å². The number of hydrogen-bond acceptors (Lipinski definition) is 6. The van der Waals surface area contributed by atoms with Gasteiger partial charge < -0.3 is 30.6 Å². The first kappa shape index (κ1) is 23.8. The van der Waals surface area contributed by atoms with Gasteiger partial charge in [-0.2, -0.15) is 0 Å². The Hall–Kier alpha value is -1.32. The van der Waals surface area contributed by atoms with E-state index in [9.17, 15) is 19.2 Å². The minimum absolute atomic E-state index is 0. The summed E-state index contributed by atoms with van der Waals surface area (Å²) < 4.78 is 0. The van der Waals surface area contributed by atoms with Gasteiger partial charge in [0, 0.05) is 26.2 Å². The first-order valence-corrected chi connectivity index (χ1v) is 4.72. The van der Waals surface area contributed by atoms with Crippen LogP contribution in [0, 0.1) is 0 Å². The molecule has 0 radical (unpaired) electrons. The van der Waals surface area contributed by atoms with Gasteiger partial charge in [-0.3, -0.25) is 9.59 Å². The van der Waals surface area contributed by atoms with Crippen LogP contribution < -0.4 is 0 Å². The van der Waals surface area contributed by atoms with Crippen LogP contribution in [0.5, 0.6) is 0 Å². The van der Waals surface area contributed by atoms with Crippen molar-refractivity contribution in [3.8, 4) is 0 Å². The van der Waals surface area contributed by atoms with Crippen LogP contribution in [0.1, 0.15) is 19.8 Å². The van der Waals surface area contributed by atoms with E-state index >= 15 is 0 Å². The van der Waals surface area contributed by atoms with Gasteiger partial charge in [0.1, 0.15) is 6.10 Å². The van der Waals surface area contributed by atoms with Crippen LogP contribution in [-0.4, -0.2) is 66.2 Å². The van der Waals surface area contributed by atoms with E-state index in [1.54, 1.807) is 0 Å². The fraction of sp³-hybridized carbons (Fsp3) is 0.556. The van der Waals surface area contributed by atoms with E-state index in [2.05, 4.69) is 0 Å². The molecule has 11 heteroatoms. The predicted octanol–water partition coefficient (Wildman–Crippen LogP) is -1.80. The third-order valence-corrected chi connectivity index (χ3v) is 1.64. The Balaban J connectivity index is -0.000000352. The van der Waals surface area contributed by atoms with Crippen molar-refractivity contribution in [1.82, 2.24) is 0 Å². The SMILES string of the molecule is CC(O)C(=O)O.O=C(O)CC(O)(CC(=O)O)C(=O)O.[Zr]. The maximum Gasteiger partial charge on any atom is 0.336 e. The number of aliphatic carboxylic acids is 4. The van der Waals surface area contributed by atoms with Crippen molar-refractivity contribution in [1.29, 1.82) is 0 Å². The first-order valence-electron chi connectivity index (χ1n) is 4.72. The molecule has 6 N–H and O–H groups in total. The second-order valence-corrected chi connectivity index (χ2v) is 3.49. The van der Waals surface area contributed by atoms with Crippen molar-refractivity contribution < 1.29 is 76.0 Å². The van der Waals surface area contributed by atoms with Gasteiger partial charge in [0.2, 0.25) is 0 Å². The quantitative estimate of drug-likeness (QED) is 0.310. The number of hydrogen-bond donors (Lipinski definition) is 6. The molecule has 0 rings (SSSR count). The Morgan fingerprint density at radius 1 is 0.950 bits per heavy atom. The predicted molar refractivity (Wildman–Crippen MR) is 56.4 cm³/mol. The molecule has 0 heterocycles. The fourth-order valence-electron chi connectivity index (χ4n) is 0.714. The second-order valence-electron chi connectivity index (χ2n) is 3.49. The Morgan fingerprint density at radius 3 is 1.30 bits per heavy atom. The molecule has 0 bridgehead atoms. The molecule has 0 amide bonds. The monoisotopic (exact) mass is 372 g/mol. The van der Waals surface area contributed by atoms with Gasteiger partial charge in [0.15, 0.2) is 5.60 Å². The normalized spacial score (nSPS) is 11.2. The summed E-state index contributed by atoms with van der Waals surface area (Å²) >= 11 is 0. The van der Waals surface area contributed by atoms with Crippen molar-refractivity contribution in [3.63, 3.8) is 0 Å². The molecule has 20 heavy (non-hydrogen) atoms. The van der Waals surface area contributed by atoms with Crippen molar-refractivity contribution in [2.75, 3.05) is 0 Å². The van der Waals surface area contributed by atoms with Crippen LogP contribution >= 0.6 is 0 Å². The Morgan fingerprint density at radius 2 is 1.20 bits per heavy atom. The molecular formula is C9H14O10Zr. The summed E-state index contributed by atoms with van der Waals surface area (Å²) in [5.41, 5.74) is -2.74. The molecule has 0 fully saturated rings. The zero-order chi connectivity index (χ0) is 15.8. The molecule has 0 aliphatic heterocycles. The standard InChI is InChI=1S/C6H8O7.C3H6O3.Zr/c7-3(8)1-6(13,5(11)12)2-4(9)10;1-2(4)3(5)6;/h13H,1-2H2,(H,7,8)(H,9,10)(H,11,12);2,4H,1H3,(H,5,6);. The number of carboxylic acid groups (broad SMARTS) is 4. The van der Waals surface area contributed by atoms with E-state index in [1.165, 1.54) is 6.92 Å². The van der Waals surface area contributed by atoms with Crippen LogP contribution in [-0.2, 0) is 45.4 Å². The molecule has 1 unspecified atom stereocenters. The summed E-state index contributed by atoms with van der Waals surface area (Å²) in [6.07, 6.45) is -3.52. The fourth-order valence-corrected chi connectivity index (χ4v) is 0.714. The van der Waals surface area contributed by atoms with Gasteiger partial charge in [0.25, 0.3) is 0 Å². The van der Waals surface area contributed by atoms with E-state index in [0.717, 1.165) is 0 Å². The Bertz CT molecular complexity index is 348. The van der Waals surface area contributed by atoms with E-state index in [0.29, 0.717) is 0 Å². The molecule has 0 aromatic heterocycles. The van der Waals surface area contributed by atoms with Crippen molar-refractivity contribution >= 4 is 23.9 Å². The number of rotatable bonds is 6. The van der Waals surface area contributed by atoms with Gasteiger partial charge in [0.05, 0.1) is 12.8 Å². The zero-order valence-corrected chi connectivity index (χ0v) is 12.8. The van der Waals surface area contributed by atoms with Gasteiger partial charge >= 0.3 is 23.9 Å². The zero-order valence-electron chi connectivity index (χ0n) is 10.3. The minimum atomic E-state index is -2.74. The van der Waals surface area contributed by atoms with Crippen LogP contribution in [0.25, 0.3) is 0 Å². The second kappa shape index (κ2) is 10.5.